The first-order valence-electron chi connectivity index (χ1n) is 7.87. The second-order valence-corrected chi connectivity index (χ2v) is 6.36. The van der Waals surface area contributed by atoms with Gasteiger partial charge in [0.05, 0.1) is 5.02 Å². The molecule has 0 bridgehead atoms. The molecule has 0 aliphatic carbocycles. The lowest BCUT2D eigenvalue weighted by atomic mass is 10.2. The summed E-state index contributed by atoms with van der Waals surface area (Å²) >= 11 is 12.1. The number of nitrogens with zero attached hydrogens (tertiary/aromatic N) is 1. The molecule has 7 heteroatoms. The molecule has 2 aromatic carbocycles. The SMILES string of the molecule is Cl.O=C(c1ccc(Oc2cccc(Cl)c2Cl)cc1)N1CCCNCC1. The predicted molar refractivity (Wildman–Crippen MR) is 104 cm³/mol. The molecular formula is C18H19Cl3N2O2. The molecule has 0 atom stereocenters. The van der Waals surface area contributed by atoms with E-state index in [9.17, 15) is 4.79 Å². The van der Waals surface area contributed by atoms with Crippen LogP contribution in [0.5, 0.6) is 11.5 Å². The van der Waals surface area contributed by atoms with E-state index in [2.05, 4.69) is 5.32 Å². The Morgan fingerprint density at radius 2 is 1.80 bits per heavy atom. The Morgan fingerprint density at radius 1 is 1.04 bits per heavy atom. The van der Waals surface area contributed by atoms with Gasteiger partial charge >= 0.3 is 0 Å². The van der Waals surface area contributed by atoms with E-state index in [1.165, 1.54) is 0 Å². The van der Waals surface area contributed by atoms with Crippen LogP contribution in [0.3, 0.4) is 0 Å². The van der Waals surface area contributed by atoms with Gasteiger partial charge in [-0.3, -0.25) is 4.79 Å². The van der Waals surface area contributed by atoms with Crippen LogP contribution in [0, 0.1) is 0 Å². The highest BCUT2D eigenvalue weighted by Crippen LogP contribution is 2.34. The van der Waals surface area contributed by atoms with Gasteiger partial charge in [-0.1, -0.05) is 29.3 Å². The lowest BCUT2D eigenvalue weighted by Crippen LogP contribution is -2.34. The van der Waals surface area contributed by atoms with Gasteiger partial charge < -0.3 is 15.0 Å². The van der Waals surface area contributed by atoms with Crippen LogP contribution in [-0.2, 0) is 0 Å². The minimum Gasteiger partial charge on any atom is -0.456 e. The smallest absolute Gasteiger partial charge is 0.253 e. The van der Waals surface area contributed by atoms with E-state index in [1.54, 1.807) is 42.5 Å². The topological polar surface area (TPSA) is 41.6 Å². The molecule has 0 unspecified atom stereocenters. The van der Waals surface area contributed by atoms with Crippen LogP contribution in [0.1, 0.15) is 16.8 Å². The normalized spacial score (nSPS) is 14.4. The molecule has 4 nitrogen and oxygen atoms in total. The fourth-order valence-electron chi connectivity index (χ4n) is 2.59. The van der Waals surface area contributed by atoms with Crippen molar-refractivity contribution in [2.75, 3.05) is 26.2 Å². The second kappa shape index (κ2) is 9.30. The molecule has 1 aliphatic rings. The zero-order valence-electron chi connectivity index (χ0n) is 13.5. The third-order valence-electron chi connectivity index (χ3n) is 3.87. The van der Waals surface area contributed by atoms with Gasteiger partial charge in [-0.15, -0.1) is 12.4 Å². The number of halogens is 3. The Kier molecular flexibility index (Phi) is 7.38. The number of ether oxygens (including phenoxy) is 1. The zero-order valence-corrected chi connectivity index (χ0v) is 15.8. The summed E-state index contributed by atoms with van der Waals surface area (Å²) in [5.74, 6) is 1.14. The Hall–Kier alpha value is -1.46. The van der Waals surface area contributed by atoms with E-state index < -0.39 is 0 Å². The number of hydrogen-bond acceptors (Lipinski definition) is 3. The highest BCUT2D eigenvalue weighted by molar-refractivity contribution is 6.42. The van der Waals surface area contributed by atoms with Crippen LogP contribution >= 0.6 is 35.6 Å². The fourth-order valence-corrected chi connectivity index (χ4v) is 2.92. The molecule has 0 radical (unpaired) electrons. The molecule has 1 heterocycles. The first-order chi connectivity index (χ1) is 11.6. The summed E-state index contributed by atoms with van der Waals surface area (Å²) < 4.78 is 5.74. The van der Waals surface area contributed by atoms with Gasteiger partial charge in [-0.2, -0.15) is 0 Å². The van der Waals surface area contributed by atoms with Crippen molar-refractivity contribution in [2.45, 2.75) is 6.42 Å². The summed E-state index contributed by atoms with van der Waals surface area (Å²) in [5, 5.41) is 4.10. The third kappa shape index (κ3) is 5.02. The van der Waals surface area contributed by atoms with E-state index in [1.807, 2.05) is 4.90 Å². The molecule has 0 aromatic heterocycles. The minimum absolute atomic E-state index is 0. The van der Waals surface area contributed by atoms with Crippen molar-refractivity contribution >= 4 is 41.5 Å². The number of benzene rings is 2. The fraction of sp³-hybridized carbons (Fsp3) is 0.278. The maximum Gasteiger partial charge on any atom is 0.253 e. The van der Waals surface area contributed by atoms with Crippen molar-refractivity contribution in [3.8, 4) is 11.5 Å². The van der Waals surface area contributed by atoms with Crippen LogP contribution in [0.4, 0.5) is 0 Å². The lowest BCUT2D eigenvalue weighted by molar-refractivity contribution is 0.0766. The van der Waals surface area contributed by atoms with Crippen molar-refractivity contribution in [3.05, 3.63) is 58.1 Å². The van der Waals surface area contributed by atoms with Crippen molar-refractivity contribution in [1.82, 2.24) is 10.2 Å². The number of amides is 1. The van der Waals surface area contributed by atoms with Crippen molar-refractivity contribution in [3.63, 3.8) is 0 Å². The summed E-state index contributed by atoms with van der Waals surface area (Å²) in [7, 11) is 0. The predicted octanol–water partition coefficient (Wildman–Crippen LogP) is 4.64. The van der Waals surface area contributed by atoms with Gasteiger partial charge in [0.25, 0.3) is 5.91 Å². The van der Waals surface area contributed by atoms with Crippen LogP contribution < -0.4 is 10.1 Å². The summed E-state index contributed by atoms with van der Waals surface area (Å²) in [6.07, 6.45) is 0.972. The number of nitrogens with one attached hydrogen (secondary N) is 1. The number of hydrogen-bond donors (Lipinski definition) is 1. The molecule has 0 saturated carbocycles. The van der Waals surface area contributed by atoms with Crippen molar-refractivity contribution in [1.29, 1.82) is 0 Å². The standard InChI is InChI=1S/C18H18Cl2N2O2.ClH/c19-15-3-1-4-16(17(15)20)24-14-7-5-13(6-8-14)18(23)22-11-2-9-21-10-12-22;/h1,3-8,21H,2,9-12H2;1H. The summed E-state index contributed by atoms with van der Waals surface area (Å²) in [6, 6.07) is 12.3. The maximum atomic E-state index is 12.5. The average molecular weight is 402 g/mol. The van der Waals surface area contributed by atoms with Gasteiger partial charge in [-0.05, 0) is 49.4 Å². The number of rotatable bonds is 3. The maximum absolute atomic E-state index is 12.5. The molecule has 3 rings (SSSR count). The molecule has 0 spiro atoms. The van der Waals surface area contributed by atoms with Crippen LogP contribution in [0.15, 0.2) is 42.5 Å². The highest BCUT2D eigenvalue weighted by Gasteiger charge is 2.17. The highest BCUT2D eigenvalue weighted by atomic mass is 35.5. The van der Waals surface area contributed by atoms with Gasteiger partial charge in [0.1, 0.15) is 16.5 Å². The van der Waals surface area contributed by atoms with Gasteiger partial charge in [0.15, 0.2) is 0 Å². The zero-order chi connectivity index (χ0) is 16.9. The molecular weight excluding hydrogens is 383 g/mol. The summed E-state index contributed by atoms with van der Waals surface area (Å²) in [4.78, 5) is 14.4. The van der Waals surface area contributed by atoms with Gasteiger partial charge in [-0.25, -0.2) is 0 Å². The lowest BCUT2D eigenvalue weighted by Gasteiger charge is -2.20. The molecule has 1 fully saturated rings. The quantitative estimate of drug-likeness (QED) is 0.814. The van der Waals surface area contributed by atoms with Crippen LogP contribution in [0.2, 0.25) is 10.0 Å². The first kappa shape index (κ1) is 19.9. The average Bonchev–Trinajstić information content (AvgIpc) is 2.88. The Bertz CT molecular complexity index is 715. The Morgan fingerprint density at radius 3 is 2.56 bits per heavy atom. The monoisotopic (exact) mass is 400 g/mol. The molecule has 134 valence electrons. The molecule has 1 aliphatic heterocycles. The molecule has 1 amide bonds. The van der Waals surface area contributed by atoms with E-state index in [0.29, 0.717) is 27.1 Å². The molecule has 1 N–H and O–H groups in total. The van der Waals surface area contributed by atoms with E-state index in [0.717, 1.165) is 32.6 Å². The van der Waals surface area contributed by atoms with Crippen molar-refractivity contribution < 1.29 is 9.53 Å². The van der Waals surface area contributed by atoms with E-state index in [4.69, 9.17) is 27.9 Å². The van der Waals surface area contributed by atoms with Gasteiger partial charge in [0, 0.05) is 25.2 Å². The van der Waals surface area contributed by atoms with Gasteiger partial charge in [0.2, 0.25) is 0 Å². The van der Waals surface area contributed by atoms with E-state index >= 15 is 0 Å². The van der Waals surface area contributed by atoms with Crippen LogP contribution in [-0.4, -0.2) is 37.0 Å². The Labute approximate surface area is 163 Å². The summed E-state index contributed by atoms with van der Waals surface area (Å²) in [5.41, 5.74) is 0.654. The Balaban J connectivity index is 0.00000225. The first-order valence-corrected chi connectivity index (χ1v) is 8.62. The number of carbonyl (C=O) groups is 1. The van der Waals surface area contributed by atoms with Crippen molar-refractivity contribution in [2.24, 2.45) is 0 Å². The van der Waals surface area contributed by atoms with E-state index in [-0.39, 0.29) is 18.3 Å². The summed E-state index contributed by atoms with van der Waals surface area (Å²) in [6.45, 7) is 3.30. The molecule has 2 aromatic rings. The van der Waals surface area contributed by atoms with Crippen LogP contribution in [0.25, 0.3) is 0 Å². The third-order valence-corrected chi connectivity index (χ3v) is 4.67. The largest absolute Gasteiger partial charge is 0.456 e. The number of carbonyl (C=O) groups excluding carboxylic acids is 1. The molecule has 25 heavy (non-hydrogen) atoms. The minimum atomic E-state index is 0. The molecule has 1 saturated heterocycles. The second-order valence-electron chi connectivity index (χ2n) is 5.57.